The summed E-state index contributed by atoms with van der Waals surface area (Å²) in [6.45, 7) is 2.40. The van der Waals surface area contributed by atoms with Crippen molar-refractivity contribution < 1.29 is 19.4 Å². The molecule has 5 heteroatoms. The predicted octanol–water partition coefficient (Wildman–Crippen LogP) is 3.11. The van der Waals surface area contributed by atoms with E-state index in [1.165, 1.54) is 4.90 Å². The highest BCUT2D eigenvalue weighted by Crippen LogP contribution is 2.31. The molecule has 1 N–H and O–H groups in total. The minimum absolute atomic E-state index is 0.0645. The monoisotopic (exact) mass is 355 g/mol. The Morgan fingerprint density at radius 3 is 2.46 bits per heavy atom. The van der Waals surface area contributed by atoms with Gasteiger partial charge < -0.3 is 19.5 Å². The fourth-order valence-corrected chi connectivity index (χ4v) is 3.26. The van der Waals surface area contributed by atoms with Crippen LogP contribution in [0.1, 0.15) is 30.9 Å². The summed E-state index contributed by atoms with van der Waals surface area (Å²) in [4.78, 5) is 14.0. The van der Waals surface area contributed by atoms with Crippen LogP contribution in [-0.2, 0) is 22.7 Å². The van der Waals surface area contributed by atoms with Crippen LogP contribution < -0.4 is 4.74 Å². The third kappa shape index (κ3) is 4.06. The Balaban J connectivity index is 1.70. The van der Waals surface area contributed by atoms with E-state index < -0.39 is 11.8 Å². The fraction of sp³-hybridized carbons (Fsp3) is 0.381. The first kappa shape index (κ1) is 18.4. The Labute approximate surface area is 154 Å². The molecule has 1 aliphatic rings. The van der Waals surface area contributed by atoms with E-state index in [4.69, 9.17) is 9.47 Å². The van der Waals surface area contributed by atoms with Crippen LogP contribution in [0.5, 0.6) is 5.75 Å². The van der Waals surface area contributed by atoms with Crippen molar-refractivity contribution in [3.05, 3.63) is 65.7 Å². The van der Waals surface area contributed by atoms with E-state index in [2.05, 4.69) is 0 Å². The molecule has 0 aliphatic carbocycles. The average Bonchev–Trinajstić information content (AvgIpc) is 2.66. The van der Waals surface area contributed by atoms with Crippen LogP contribution in [0.3, 0.4) is 0 Å². The molecule has 1 aliphatic heterocycles. The number of methoxy groups -OCH3 is 1. The van der Waals surface area contributed by atoms with Crippen LogP contribution in [0, 0.1) is 0 Å². The third-order valence-corrected chi connectivity index (χ3v) is 4.87. The molecule has 26 heavy (non-hydrogen) atoms. The second-order valence-corrected chi connectivity index (χ2v) is 6.75. The van der Waals surface area contributed by atoms with Crippen molar-refractivity contribution in [1.82, 2.24) is 4.90 Å². The average molecular weight is 355 g/mol. The van der Waals surface area contributed by atoms with Crippen molar-refractivity contribution in [3.63, 3.8) is 0 Å². The smallest absolute Gasteiger partial charge is 0.225 e. The molecule has 2 atom stereocenters. The highest BCUT2D eigenvalue weighted by molar-refractivity contribution is 5.78. The number of likely N-dealkylation sites (tertiary alicyclic amines) is 1. The lowest BCUT2D eigenvalue weighted by molar-refractivity contribution is -0.214. The Morgan fingerprint density at radius 1 is 1.12 bits per heavy atom. The topological polar surface area (TPSA) is 59.0 Å². The number of hydrogen-bond acceptors (Lipinski definition) is 4. The van der Waals surface area contributed by atoms with E-state index in [1.807, 2.05) is 54.6 Å². The lowest BCUT2D eigenvalue weighted by atomic mass is 9.94. The molecule has 0 aromatic heterocycles. The van der Waals surface area contributed by atoms with Crippen molar-refractivity contribution >= 4 is 5.91 Å². The summed E-state index contributed by atoms with van der Waals surface area (Å²) in [6.07, 6.45) is 0.447. The van der Waals surface area contributed by atoms with Crippen molar-refractivity contribution in [1.29, 1.82) is 0 Å². The van der Waals surface area contributed by atoms with Crippen LogP contribution in [0.2, 0.25) is 0 Å². The summed E-state index contributed by atoms with van der Waals surface area (Å²) in [5.41, 5.74) is 0.620. The van der Waals surface area contributed by atoms with E-state index in [0.717, 1.165) is 16.9 Å². The van der Waals surface area contributed by atoms with Gasteiger partial charge in [-0.05, 0) is 36.6 Å². The molecule has 2 aromatic carbocycles. The number of carbonyl (C=O) groups is 1. The van der Waals surface area contributed by atoms with Crippen molar-refractivity contribution in [2.45, 2.75) is 44.7 Å². The standard InChI is InChI=1S/C21H25NO4/c1-21(24)19(26-15-17-6-4-3-5-7-17)12-13-20(23)22(21)14-16-8-10-18(25-2)11-9-16/h3-11,19,24H,12-15H2,1-2H3/t19-,21?/m1/s1. The van der Waals surface area contributed by atoms with E-state index in [-0.39, 0.29) is 5.91 Å². The number of rotatable bonds is 6. The number of benzene rings is 2. The van der Waals surface area contributed by atoms with Crippen LogP contribution >= 0.6 is 0 Å². The van der Waals surface area contributed by atoms with Crippen LogP contribution in [0.15, 0.2) is 54.6 Å². The van der Waals surface area contributed by atoms with E-state index >= 15 is 0 Å². The summed E-state index contributed by atoms with van der Waals surface area (Å²) >= 11 is 0. The normalized spacial score (nSPS) is 23.1. The van der Waals surface area contributed by atoms with Gasteiger partial charge in [-0.1, -0.05) is 42.5 Å². The zero-order valence-corrected chi connectivity index (χ0v) is 15.2. The zero-order valence-electron chi connectivity index (χ0n) is 15.2. The number of piperidine rings is 1. The Kier molecular flexibility index (Phi) is 5.59. The molecule has 0 radical (unpaired) electrons. The number of amides is 1. The quantitative estimate of drug-likeness (QED) is 0.865. The van der Waals surface area contributed by atoms with Gasteiger partial charge in [-0.3, -0.25) is 4.79 Å². The molecule has 1 heterocycles. The first-order chi connectivity index (χ1) is 12.5. The molecule has 5 nitrogen and oxygen atoms in total. The van der Waals surface area contributed by atoms with Gasteiger partial charge in [0.05, 0.1) is 13.7 Å². The number of ether oxygens (including phenoxy) is 2. The molecular weight excluding hydrogens is 330 g/mol. The predicted molar refractivity (Wildman–Crippen MR) is 98.4 cm³/mol. The van der Waals surface area contributed by atoms with Gasteiger partial charge in [0, 0.05) is 13.0 Å². The first-order valence-electron chi connectivity index (χ1n) is 8.82. The van der Waals surface area contributed by atoms with E-state index in [1.54, 1.807) is 14.0 Å². The molecule has 1 fully saturated rings. The van der Waals surface area contributed by atoms with E-state index in [0.29, 0.717) is 26.0 Å². The fourth-order valence-electron chi connectivity index (χ4n) is 3.26. The first-order valence-corrected chi connectivity index (χ1v) is 8.82. The number of aliphatic hydroxyl groups is 1. The molecule has 0 spiro atoms. The lowest BCUT2D eigenvalue weighted by Gasteiger charge is -2.45. The van der Waals surface area contributed by atoms with Crippen molar-refractivity contribution in [2.24, 2.45) is 0 Å². The van der Waals surface area contributed by atoms with Gasteiger partial charge in [-0.2, -0.15) is 0 Å². The Morgan fingerprint density at radius 2 is 1.81 bits per heavy atom. The van der Waals surface area contributed by atoms with Gasteiger partial charge in [0.15, 0.2) is 5.72 Å². The Hall–Kier alpha value is -2.37. The second kappa shape index (κ2) is 7.89. The molecule has 0 bridgehead atoms. The summed E-state index contributed by atoms with van der Waals surface area (Å²) < 4.78 is 11.1. The molecule has 2 aromatic rings. The highest BCUT2D eigenvalue weighted by atomic mass is 16.5. The van der Waals surface area contributed by atoms with Gasteiger partial charge in [0.25, 0.3) is 0 Å². The van der Waals surface area contributed by atoms with E-state index in [9.17, 15) is 9.90 Å². The second-order valence-electron chi connectivity index (χ2n) is 6.75. The maximum absolute atomic E-state index is 12.4. The summed E-state index contributed by atoms with van der Waals surface area (Å²) in [6, 6.07) is 17.3. The molecule has 0 saturated carbocycles. The molecular formula is C21H25NO4. The minimum atomic E-state index is -1.36. The van der Waals surface area contributed by atoms with Gasteiger partial charge >= 0.3 is 0 Å². The number of carbonyl (C=O) groups excluding carboxylic acids is 1. The minimum Gasteiger partial charge on any atom is -0.497 e. The van der Waals surface area contributed by atoms with Crippen LogP contribution in [-0.4, -0.2) is 34.9 Å². The number of nitrogens with zero attached hydrogens (tertiary/aromatic N) is 1. The van der Waals surface area contributed by atoms with Gasteiger partial charge in [-0.25, -0.2) is 0 Å². The van der Waals surface area contributed by atoms with Gasteiger partial charge in [0.2, 0.25) is 5.91 Å². The maximum Gasteiger partial charge on any atom is 0.225 e. The molecule has 1 saturated heterocycles. The number of hydrogen-bond donors (Lipinski definition) is 1. The molecule has 1 unspecified atom stereocenters. The third-order valence-electron chi connectivity index (χ3n) is 4.87. The molecule has 3 rings (SSSR count). The SMILES string of the molecule is COc1ccc(CN2C(=O)CC[C@@H](OCc3ccccc3)C2(C)O)cc1. The van der Waals surface area contributed by atoms with Crippen molar-refractivity contribution in [2.75, 3.05) is 7.11 Å². The van der Waals surface area contributed by atoms with Crippen molar-refractivity contribution in [3.8, 4) is 5.75 Å². The van der Waals surface area contributed by atoms with Crippen LogP contribution in [0.4, 0.5) is 0 Å². The van der Waals surface area contributed by atoms with Gasteiger partial charge in [0.1, 0.15) is 11.9 Å². The molecule has 138 valence electrons. The zero-order chi connectivity index (χ0) is 18.6. The largest absolute Gasteiger partial charge is 0.497 e. The molecule has 1 amide bonds. The Bertz CT molecular complexity index is 727. The van der Waals surface area contributed by atoms with Gasteiger partial charge in [-0.15, -0.1) is 0 Å². The highest BCUT2D eigenvalue weighted by Gasteiger charge is 2.45. The lowest BCUT2D eigenvalue weighted by Crippen LogP contribution is -2.60. The summed E-state index contributed by atoms with van der Waals surface area (Å²) in [7, 11) is 1.61. The van der Waals surface area contributed by atoms with Crippen LogP contribution in [0.25, 0.3) is 0 Å². The summed E-state index contributed by atoms with van der Waals surface area (Å²) in [5.74, 6) is 0.694. The summed E-state index contributed by atoms with van der Waals surface area (Å²) in [5, 5.41) is 11.1. The maximum atomic E-state index is 12.4.